The van der Waals surface area contributed by atoms with Crippen molar-refractivity contribution in [1.82, 2.24) is 4.98 Å². The molecule has 0 amide bonds. The summed E-state index contributed by atoms with van der Waals surface area (Å²) in [6.07, 6.45) is 8.59. The van der Waals surface area contributed by atoms with E-state index in [1.807, 2.05) is 17.5 Å². The fourth-order valence-corrected chi connectivity index (χ4v) is 3.83. The van der Waals surface area contributed by atoms with Crippen LogP contribution in [0.2, 0.25) is 0 Å². The first-order valence-corrected chi connectivity index (χ1v) is 10.7. The summed E-state index contributed by atoms with van der Waals surface area (Å²) in [6, 6.07) is 8.18. The van der Waals surface area contributed by atoms with E-state index in [0.29, 0.717) is 30.1 Å². The second kappa shape index (κ2) is 10.9. The summed E-state index contributed by atoms with van der Waals surface area (Å²) in [5.41, 5.74) is 5.75. The van der Waals surface area contributed by atoms with Gasteiger partial charge < -0.3 is 9.47 Å². The molecule has 0 atom stereocenters. The van der Waals surface area contributed by atoms with Crippen LogP contribution in [0.3, 0.4) is 0 Å². The minimum Gasteiger partial charge on any atom is -0.466 e. The zero-order valence-electron chi connectivity index (χ0n) is 16.2. The van der Waals surface area contributed by atoms with Crippen molar-refractivity contribution in [2.45, 2.75) is 58.2 Å². The van der Waals surface area contributed by atoms with E-state index in [2.05, 4.69) is 27.6 Å². The van der Waals surface area contributed by atoms with Gasteiger partial charge in [0, 0.05) is 5.38 Å². The normalized spacial score (nSPS) is 15.0. The predicted molar refractivity (Wildman–Crippen MR) is 112 cm³/mol. The Morgan fingerprint density at radius 1 is 1.36 bits per heavy atom. The Labute approximate surface area is 170 Å². The van der Waals surface area contributed by atoms with Crippen molar-refractivity contribution in [3.8, 4) is 0 Å². The SMILES string of the molecule is CCOC(=O)Cc1csc(NN=Cc2cccc(COC3CCCCC3)c2)n1. The van der Waals surface area contributed by atoms with E-state index in [9.17, 15) is 4.79 Å². The number of nitrogens with zero attached hydrogens (tertiary/aromatic N) is 2. The van der Waals surface area contributed by atoms with Crippen LogP contribution in [-0.4, -0.2) is 29.9 Å². The summed E-state index contributed by atoms with van der Waals surface area (Å²) in [6.45, 7) is 2.81. The van der Waals surface area contributed by atoms with E-state index in [1.54, 1.807) is 13.1 Å². The van der Waals surface area contributed by atoms with Crippen LogP contribution in [0.5, 0.6) is 0 Å². The molecular formula is C21H27N3O3S. The minimum atomic E-state index is -0.268. The number of carbonyl (C=O) groups excluding carboxylic acids is 1. The zero-order chi connectivity index (χ0) is 19.6. The number of nitrogens with one attached hydrogen (secondary N) is 1. The lowest BCUT2D eigenvalue weighted by Crippen LogP contribution is -2.16. The Morgan fingerprint density at radius 2 is 2.21 bits per heavy atom. The highest BCUT2D eigenvalue weighted by Crippen LogP contribution is 2.21. The maximum atomic E-state index is 11.5. The standard InChI is InChI=1S/C21H27N3O3S/c1-2-26-20(25)12-18-15-28-21(23-18)24-22-13-16-7-6-8-17(11-16)14-27-19-9-4-3-5-10-19/h6-8,11,13,15,19H,2-5,9-10,12,14H2,1H3,(H,23,24). The van der Waals surface area contributed by atoms with E-state index in [0.717, 1.165) is 11.1 Å². The molecule has 6 nitrogen and oxygen atoms in total. The van der Waals surface area contributed by atoms with Gasteiger partial charge in [0.05, 0.1) is 37.6 Å². The topological polar surface area (TPSA) is 72.8 Å². The molecule has 1 aliphatic carbocycles. The van der Waals surface area contributed by atoms with Crippen molar-refractivity contribution in [1.29, 1.82) is 0 Å². The quantitative estimate of drug-likeness (QED) is 0.379. The number of rotatable bonds is 9. The third kappa shape index (κ3) is 6.73. The van der Waals surface area contributed by atoms with Crippen molar-refractivity contribution in [2.24, 2.45) is 5.10 Å². The van der Waals surface area contributed by atoms with Gasteiger partial charge in [-0.15, -0.1) is 11.3 Å². The smallest absolute Gasteiger partial charge is 0.311 e. The molecule has 28 heavy (non-hydrogen) atoms. The summed E-state index contributed by atoms with van der Waals surface area (Å²) in [4.78, 5) is 15.8. The molecule has 0 radical (unpaired) electrons. The maximum Gasteiger partial charge on any atom is 0.311 e. The van der Waals surface area contributed by atoms with Crippen LogP contribution in [-0.2, 0) is 27.3 Å². The van der Waals surface area contributed by atoms with Gasteiger partial charge in [0.15, 0.2) is 0 Å². The van der Waals surface area contributed by atoms with Crippen LogP contribution in [0.15, 0.2) is 34.7 Å². The summed E-state index contributed by atoms with van der Waals surface area (Å²) in [5, 5.41) is 6.72. The van der Waals surface area contributed by atoms with Crippen LogP contribution < -0.4 is 5.43 Å². The van der Waals surface area contributed by atoms with Crippen LogP contribution in [0, 0.1) is 0 Å². The Bertz CT molecular complexity index is 785. The van der Waals surface area contributed by atoms with Gasteiger partial charge in [-0.1, -0.05) is 37.5 Å². The van der Waals surface area contributed by atoms with E-state index >= 15 is 0 Å². The molecule has 1 aromatic heterocycles. The van der Waals surface area contributed by atoms with Crippen LogP contribution >= 0.6 is 11.3 Å². The van der Waals surface area contributed by atoms with E-state index < -0.39 is 0 Å². The summed E-state index contributed by atoms with van der Waals surface area (Å²) in [5.74, 6) is -0.268. The van der Waals surface area contributed by atoms with Crippen LogP contribution in [0.4, 0.5) is 5.13 Å². The molecule has 0 unspecified atom stereocenters. The number of benzene rings is 1. The molecule has 1 heterocycles. The maximum absolute atomic E-state index is 11.5. The number of ether oxygens (including phenoxy) is 2. The van der Waals surface area contributed by atoms with Crippen molar-refractivity contribution >= 4 is 28.7 Å². The molecule has 1 aliphatic rings. The highest BCUT2D eigenvalue weighted by atomic mass is 32.1. The fourth-order valence-electron chi connectivity index (χ4n) is 3.17. The molecule has 1 saturated carbocycles. The van der Waals surface area contributed by atoms with Gasteiger partial charge in [-0.25, -0.2) is 4.98 Å². The van der Waals surface area contributed by atoms with Crippen molar-refractivity contribution in [2.75, 3.05) is 12.0 Å². The lowest BCUT2D eigenvalue weighted by Gasteiger charge is -2.22. The second-order valence-corrected chi connectivity index (χ2v) is 7.67. The van der Waals surface area contributed by atoms with Gasteiger partial charge in [-0.05, 0) is 37.0 Å². The summed E-state index contributed by atoms with van der Waals surface area (Å²) in [7, 11) is 0. The number of thiazole rings is 1. The predicted octanol–water partition coefficient (Wildman–Crippen LogP) is 4.54. The van der Waals surface area contributed by atoms with Crippen LogP contribution in [0.25, 0.3) is 0 Å². The monoisotopic (exact) mass is 401 g/mol. The highest BCUT2D eigenvalue weighted by molar-refractivity contribution is 7.13. The number of anilines is 1. The zero-order valence-corrected chi connectivity index (χ0v) is 17.0. The Balaban J connectivity index is 1.47. The van der Waals surface area contributed by atoms with Crippen LogP contribution in [0.1, 0.15) is 55.8 Å². The molecule has 1 fully saturated rings. The lowest BCUT2D eigenvalue weighted by atomic mass is 9.98. The van der Waals surface area contributed by atoms with Gasteiger partial charge in [0.25, 0.3) is 0 Å². The van der Waals surface area contributed by atoms with Crippen molar-refractivity contribution in [3.63, 3.8) is 0 Å². The molecule has 150 valence electrons. The van der Waals surface area contributed by atoms with E-state index in [-0.39, 0.29) is 12.4 Å². The fraction of sp³-hybridized carbons (Fsp3) is 0.476. The molecule has 0 saturated heterocycles. The van der Waals surface area contributed by atoms with E-state index in [4.69, 9.17) is 9.47 Å². The lowest BCUT2D eigenvalue weighted by molar-refractivity contribution is -0.142. The number of aromatic nitrogens is 1. The number of hydrogen-bond donors (Lipinski definition) is 1. The third-order valence-electron chi connectivity index (χ3n) is 4.55. The van der Waals surface area contributed by atoms with Gasteiger partial charge in [0.2, 0.25) is 5.13 Å². The largest absolute Gasteiger partial charge is 0.466 e. The Kier molecular flexibility index (Phi) is 7.99. The molecule has 3 rings (SSSR count). The number of hydrogen-bond acceptors (Lipinski definition) is 7. The summed E-state index contributed by atoms with van der Waals surface area (Å²) >= 11 is 1.41. The minimum absolute atomic E-state index is 0.179. The Morgan fingerprint density at radius 3 is 3.04 bits per heavy atom. The third-order valence-corrected chi connectivity index (χ3v) is 5.34. The molecule has 1 N–H and O–H groups in total. The van der Waals surface area contributed by atoms with Gasteiger partial charge >= 0.3 is 5.97 Å². The second-order valence-electron chi connectivity index (χ2n) is 6.81. The molecule has 0 spiro atoms. The Hall–Kier alpha value is -2.25. The first kappa shape index (κ1) is 20.5. The molecule has 0 bridgehead atoms. The van der Waals surface area contributed by atoms with Gasteiger partial charge in [0.1, 0.15) is 0 Å². The number of carbonyl (C=O) groups is 1. The molecule has 1 aromatic carbocycles. The molecule has 0 aliphatic heterocycles. The molecular weight excluding hydrogens is 374 g/mol. The first-order chi connectivity index (χ1) is 13.7. The number of esters is 1. The molecule has 2 aromatic rings. The van der Waals surface area contributed by atoms with Gasteiger partial charge in [-0.3, -0.25) is 10.2 Å². The van der Waals surface area contributed by atoms with E-state index in [1.165, 1.54) is 43.4 Å². The molecule has 7 heteroatoms. The van der Waals surface area contributed by atoms with Crippen molar-refractivity contribution < 1.29 is 14.3 Å². The van der Waals surface area contributed by atoms with Gasteiger partial charge in [-0.2, -0.15) is 5.10 Å². The number of hydrazone groups is 1. The average Bonchev–Trinajstić information content (AvgIpc) is 3.15. The summed E-state index contributed by atoms with van der Waals surface area (Å²) < 4.78 is 11.0. The first-order valence-electron chi connectivity index (χ1n) is 9.82. The average molecular weight is 402 g/mol. The highest BCUT2D eigenvalue weighted by Gasteiger charge is 2.13. The van der Waals surface area contributed by atoms with Crippen molar-refractivity contribution in [3.05, 3.63) is 46.5 Å².